The van der Waals surface area contributed by atoms with Crippen LogP contribution >= 0.6 is 0 Å². The molecule has 0 N–H and O–H groups in total. The van der Waals surface area contributed by atoms with Crippen LogP contribution in [0.3, 0.4) is 0 Å². The van der Waals surface area contributed by atoms with Gasteiger partial charge in [-0.1, -0.05) is 0 Å². The molecular weight excluding hydrogens is 260 g/mol. The Balaban J connectivity index is 2.44. The van der Waals surface area contributed by atoms with Gasteiger partial charge in [0.1, 0.15) is 5.75 Å². The van der Waals surface area contributed by atoms with E-state index in [1.165, 1.54) is 25.1 Å². The van der Waals surface area contributed by atoms with E-state index >= 15 is 0 Å². The van der Waals surface area contributed by atoms with Crippen molar-refractivity contribution in [1.82, 2.24) is 4.98 Å². The fraction of sp³-hybridized carbons (Fsp3) is 0.143. The molecule has 0 unspecified atom stereocenters. The number of nitro benzene ring substituents is 1. The van der Waals surface area contributed by atoms with Crippen LogP contribution in [0, 0.1) is 17.0 Å². The number of benzene rings is 1. The van der Waals surface area contributed by atoms with Crippen molar-refractivity contribution < 1.29 is 14.5 Å². The molecule has 0 spiro atoms. The maximum Gasteiger partial charge on any atom is 0.312 e. The number of nitrogens with zero attached hydrogens (tertiary/aromatic N) is 2. The van der Waals surface area contributed by atoms with Crippen LogP contribution in [-0.2, 0) is 0 Å². The normalized spacial score (nSPS) is 10.1. The van der Waals surface area contributed by atoms with Gasteiger partial charge in [-0.25, -0.2) is 0 Å². The van der Waals surface area contributed by atoms with Crippen LogP contribution < -0.4 is 4.74 Å². The van der Waals surface area contributed by atoms with E-state index < -0.39 is 4.92 Å². The van der Waals surface area contributed by atoms with Gasteiger partial charge in [0.05, 0.1) is 10.6 Å². The first-order chi connectivity index (χ1) is 9.49. The Labute approximate surface area is 115 Å². The lowest BCUT2D eigenvalue weighted by Crippen LogP contribution is -1.99. The molecule has 0 saturated heterocycles. The zero-order chi connectivity index (χ0) is 14.7. The Morgan fingerprint density at radius 2 is 2.05 bits per heavy atom. The molecule has 102 valence electrons. The van der Waals surface area contributed by atoms with Crippen LogP contribution in [0.1, 0.15) is 23.0 Å². The van der Waals surface area contributed by atoms with Gasteiger partial charge in [-0.3, -0.25) is 19.9 Å². The van der Waals surface area contributed by atoms with E-state index in [9.17, 15) is 14.9 Å². The Kier molecular flexibility index (Phi) is 3.74. The summed E-state index contributed by atoms with van der Waals surface area (Å²) in [5, 5.41) is 11.1. The van der Waals surface area contributed by atoms with Gasteiger partial charge in [0.2, 0.25) is 5.75 Å². The van der Waals surface area contributed by atoms with Crippen LogP contribution in [-0.4, -0.2) is 15.7 Å². The Bertz CT molecular complexity index is 683. The second-order valence-electron chi connectivity index (χ2n) is 4.18. The highest BCUT2D eigenvalue weighted by molar-refractivity contribution is 5.95. The summed E-state index contributed by atoms with van der Waals surface area (Å²) >= 11 is 0. The summed E-state index contributed by atoms with van der Waals surface area (Å²) in [5.41, 5.74) is 0.644. The van der Waals surface area contributed by atoms with Crippen molar-refractivity contribution in [1.29, 1.82) is 0 Å². The van der Waals surface area contributed by atoms with E-state index in [2.05, 4.69) is 4.98 Å². The summed E-state index contributed by atoms with van der Waals surface area (Å²) in [4.78, 5) is 25.8. The highest BCUT2D eigenvalue weighted by atomic mass is 16.6. The largest absolute Gasteiger partial charge is 0.448 e. The van der Waals surface area contributed by atoms with Gasteiger partial charge in [0.15, 0.2) is 5.78 Å². The topological polar surface area (TPSA) is 82.3 Å². The van der Waals surface area contributed by atoms with Crippen LogP contribution in [0.2, 0.25) is 0 Å². The molecule has 20 heavy (non-hydrogen) atoms. The minimum atomic E-state index is -0.576. The van der Waals surface area contributed by atoms with E-state index in [-0.39, 0.29) is 22.8 Å². The number of ether oxygens (including phenoxy) is 1. The standard InChI is InChI=1S/C14H12N2O4/c1-9-13(4-3-7-15-9)20-14-6-5-11(10(2)17)8-12(14)16(18)19/h3-8H,1-2H3. The van der Waals surface area contributed by atoms with E-state index in [1.54, 1.807) is 25.3 Å². The van der Waals surface area contributed by atoms with E-state index in [1.807, 2.05) is 0 Å². The number of rotatable bonds is 4. The van der Waals surface area contributed by atoms with E-state index in [0.29, 0.717) is 11.4 Å². The third-order valence-corrected chi connectivity index (χ3v) is 2.74. The SMILES string of the molecule is CC(=O)c1ccc(Oc2cccnc2C)c([N+](=O)[O-])c1. The number of aryl methyl sites for hydroxylation is 1. The number of hydrogen-bond donors (Lipinski definition) is 0. The number of aromatic nitrogens is 1. The number of ketones is 1. The molecule has 1 aromatic heterocycles. The van der Waals surface area contributed by atoms with Gasteiger partial charge in [-0.2, -0.15) is 0 Å². The second kappa shape index (κ2) is 5.48. The number of nitro groups is 1. The van der Waals surface area contributed by atoms with Crippen LogP contribution in [0.15, 0.2) is 36.5 Å². The van der Waals surface area contributed by atoms with Gasteiger partial charge < -0.3 is 4.74 Å². The van der Waals surface area contributed by atoms with E-state index in [4.69, 9.17) is 4.74 Å². The number of pyridine rings is 1. The minimum Gasteiger partial charge on any atom is -0.448 e. The fourth-order valence-electron chi connectivity index (χ4n) is 1.66. The average molecular weight is 272 g/mol. The lowest BCUT2D eigenvalue weighted by molar-refractivity contribution is -0.385. The highest BCUT2D eigenvalue weighted by Gasteiger charge is 2.18. The summed E-state index contributed by atoms with van der Waals surface area (Å²) in [7, 11) is 0. The molecule has 0 saturated carbocycles. The van der Waals surface area contributed by atoms with Gasteiger partial charge in [-0.05, 0) is 38.1 Å². The molecule has 1 aromatic carbocycles. The molecule has 0 amide bonds. The van der Waals surface area contributed by atoms with Gasteiger partial charge >= 0.3 is 5.69 Å². The zero-order valence-corrected chi connectivity index (χ0v) is 11.0. The van der Waals surface area contributed by atoms with Crippen LogP contribution in [0.4, 0.5) is 5.69 Å². The Morgan fingerprint density at radius 1 is 1.30 bits per heavy atom. The lowest BCUT2D eigenvalue weighted by atomic mass is 10.1. The molecule has 6 nitrogen and oxygen atoms in total. The fourth-order valence-corrected chi connectivity index (χ4v) is 1.66. The molecule has 2 aromatic rings. The first-order valence-corrected chi connectivity index (χ1v) is 5.88. The molecule has 0 bridgehead atoms. The number of hydrogen-bond acceptors (Lipinski definition) is 5. The first-order valence-electron chi connectivity index (χ1n) is 5.88. The third kappa shape index (κ3) is 2.80. The van der Waals surface area contributed by atoms with Crippen LogP contribution in [0.25, 0.3) is 0 Å². The molecule has 2 rings (SSSR count). The van der Waals surface area contributed by atoms with Gasteiger partial charge in [0.25, 0.3) is 0 Å². The minimum absolute atomic E-state index is 0.0797. The quantitative estimate of drug-likeness (QED) is 0.484. The molecule has 0 radical (unpaired) electrons. The smallest absolute Gasteiger partial charge is 0.312 e. The van der Waals surface area contributed by atoms with Crippen molar-refractivity contribution in [3.63, 3.8) is 0 Å². The third-order valence-electron chi connectivity index (χ3n) is 2.74. The summed E-state index contributed by atoms with van der Waals surface area (Å²) < 4.78 is 5.52. The van der Waals surface area contributed by atoms with Crippen molar-refractivity contribution in [3.8, 4) is 11.5 Å². The lowest BCUT2D eigenvalue weighted by Gasteiger charge is -2.08. The first kappa shape index (κ1) is 13.7. The predicted molar refractivity (Wildman–Crippen MR) is 72.1 cm³/mol. The van der Waals surface area contributed by atoms with Crippen molar-refractivity contribution >= 4 is 11.5 Å². The van der Waals surface area contributed by atoms with Gasteiger partial charge in [0, 0.05) is 17.8 Å². The Hall–Kier alpha value is -2.76. The molecule has 1 heterocycles. The van der Waals surface area contributed by atoms with E-state index in [0.717, 1.165) is 0 Å². The zero-order valence-electron chi connectivity index (χ0n) is 11.0. The molecule has 0 aliphatic heterocycles. The molecule has 6 heteroatoms. The molecule has 0 aliphatic rings. The highest BCUT2D eigenvalue weighted by Crippen LogP contribution is 2.33. The molecule has 0 aliphatic carbocycles. The predicted octanol–water partition coefficient (Wildman–Crippen LogP) is 3.29. The second-order valence-corrected chi connectivity index (χ2v) is 4.18. The van der Waals surface area contributed by atoms with Crippen molar-refractivity contribution in [2.24, 2.45) is 0 Å². The molecular formula is C14H12N2O4. The molecule has 0 fully saturated rings. The van der Waals surface area contributed by atoms with Crippen molar-refractivity contribution in [2.75, 3.05) is 0 Å². The van der Waals surface area contributed by atoms with Gasteiger partial charge in [-0.15, -0.1) is 0 Å². The van der Waals surface area contributed by atoms with Crippen LogP contribution in [0.5, 0.6) is 11.5 Å². The van der Waals surface area contributed by atoms with Crippen molar-refractivity contribution in [2.45, 2.75) is 13.8 Å². The number of carbonyl (C=O) groups excluding carboxylic acids is 1. The summed E-state index contributed by atoms with van der Waals surface area (Å²) in [6, 6.07) is 7.48. The summed E-state index contributed by atoms with van der Waals surface area (Å²) in [6.07, 6.45) is 1.61. The monoisotopic (exact) mass is 272 g/mol. The summed E-state index contributed by atoms with van der Waals surface area (Å²) in [6.45, 7) is 3.09. The maximum atomic E-state index is 11.3. The summed E-state index contributed by atoms with van der Waals surface area (Å²) in [5.74, 6) is 0.277. The molecule has 0 atom stereocenters. The average Bonchev–Trinajstić information content (AvgIpc) is 2.41. The maximum absolute atomic E-state index is 11.3. The Morgan fingerprint density at radius 3 is 2.65 bits per heavy atom. The van der Waals surface area contributed by atoms with Crippen molar-refractivity contribution in [3.05, 3.63) is 57.9 Å². The number of carbonyl (C=O) groups is 1. The number of Topliss-reactive ketones (excluding diaryl/α,β-unsaturated/α-hetero) is 1.